The Bertz CT molecular complexity index is 35.0. The van der Waals surface area contributed by atoms with Gasteiger partial charge in [-0.3, -0.25) is 0 Å². The molecule has 0 aromatic carbocycles. The molecule has 0 fully saturated rings. The molecule has 0 saturated carbocycles. The maximum absolute atomic E-state index is 5.17. The van der Waals surface area contributed by atoms with E-state index in [0.717, 1.165) is 13.1 Å². The molecule has 0 aliphatic heterocycles. The molecule has 0 aromatic heterocycles. The van der Waals surface area contributed by atoms with Gasteiger partial charge in [-0.25, -0.2) is 0 Å². The predicted octanol–water partition coefficient (Wildman–Crippen LogP) is -1.51. The maximum Gasteiger partial charge on any atom is 2.00 e. The van der Waals surface area contributed by atoms with Crippen LogP contribution in [0.4, 0.5) is 0 Å². The van der Waals surface area contributed by atoms with E-state index >= 15 is 0 Å². The Balaban J connectivity index is -0.000000180. The zero-order valence-electron chi connectivity index (χ0n) is 5.60. The van der Waals surface area contributed by atoms with Crippen molar-refractivity contribution < 1.29 is 27.3 Å². The second kappa shape index (κ2) is 16.1. The second-order valence-corrected chi connectivity index (χ2v) is 1.33. The Kier molecular flexibility index (Phi) is 29.7. The Morgan fingerprint density at radius 2 is 1.33 bits per heavy atom. The molecule has 0 atom stereocenters. The summed E-state index contributed by atoms with van der Waals surface area (Å²) in [7, 11) is 0. The Morgan fingerprint density at radius 1 is 1.00 bits per heavy atom. The molecule has 0 heterocycles. The number of rotatable bonds is 4. The minimum absolute atomic E-state index is 0. The van der Waals surface area contributed by atoms with Gasteiger partial charge < -0.3 is 30.3 Å². The van der Waals surface area contributed by atoms with Crippen molar-refractivity contribution in [1.82, 2.24) is 5.32 Å². The Hall–Kier alpha value is 1.15. The van der Waals surface area contributed by atoms with E-state index in [9.17, 15) is 0 Å². The zero-order valence-corrected chi connectivity index (χ0v) is 10.5. The van der Waals surface area contributed by atoms with Crippen LogP contribution in [0.25, 0.3) is 0 Å². The number of hydrogen-bond donors (Lipinski definition) is 3. The van der Waals surface area contributed by atoms with E-state index < -0.39 is 0 Å². The standard InChI is InChI=1S/C4H13N3.Cd.S/c5-1-3-7-4-2-6;;/h7H,1-6H2;;/q;+2;-2. The van der Waals surface area contributed by atoms with Crippen LogP contribution in [0.5, 0.6) is 0 Å². The van der Waals surface area contributed by atoms with Crippen molar-refractivity contribution in [2.45, 2.75) is 0 Å². The van der Waals surface area contributed by atoms with Crippen molar-refractivity contribution in [3.8, 4) is 0 Å². The quantitative estimate of drug-likeness (QED) is 0.418. The van der Waals surface area contributed by atoms with Gasteiger partial charge in [0, 0.05) is 26.2 Å². The maximum atomic E-state index is 5.17. The van der Waals surface area contributed by atoms with Crippen LogP contribution in [0.15, 0.2) is 0 Å². The molecule has 52 valence electrons. The molecular formula is C4H13CdN3S. The summed E-state index contributed by atoms with van der Waals surface area (Å²) in [6.45, 7) is 3.13. The molecule has 0 aliphatic carbocycles. The van der Waals surface area contributed by atoms with Crippen LogP contribution in [0.3, 0.4) is 0 Å². The van der Waals surface area contributed by atoms with Crippen LogP contribution in [0.2, 0.25) is 0 Å². The summed E-state index contributed by atoms with van der Waals surface area (Å²) in [5.74, 6) is 0. The summed E-state index contributed by atoms with van der Waals surface area (Å²) >= 11 is 0. The summed E-state index contributed by atoms with van der Waals surface area (Å²) in [5, 5.41) is 3.03. The van der Waals surface area contributed by atoms with Gasteiger partial charge in [0.25, 0.3) is 0 Å². The summed E-state index contributed by atoms with van der Waals surface area (Å²) in [4.78, 5) is 0. The fourth-order valence-corrected chi connectivity index (χ4v) is 0.329. The van der Waals surface area contributed by atoms with E-state index in [4.69, 9.17) is 11.5 Å². The van der Waals surface area contributed by atoms with Gasteiger partial charge in [-0.15, -0.1) is 0 Å². The van der Waals surface area contributed by atoms with E-state index in [1.807, 2.05) is 0 Å². The van der Waals surface area contributed by atoms with Crippen LogP contribution in [-0.2, 0) is 40.8 Å². The topological polar surface area (TPSA) is 64.1 Å². The third kappa shape index (κ3) is 17.6. The largest absolute Gasteiger partial charge is 2.00 e. The van der Waals surface area contributed by atoms with Crippen LogP contribution >= 0.6 is 0 Å². The normalized spacial score (nSPS) is 7.33. The molecule has 0 unspecified atom stereocenters. The molecule has 0 rings (SSSR count). The molecule has 5 heteroatoms. The van der Waals surface area contributed by atoms with Crippen molar-refractivity contribution >= 4 is 13.5 Å². The fourth-order valence-electron chi connectivity index (χ4n) is 0.329. The van der Waals surface area contributed by atoms with Gasteiger partial charge in [-0.1, -0.05) is 0 Å². The average Bonchev–Trinajstić information content (AvgIpc) is 1.69. The van der Waals surface area contributed by atoms with Crippen LogP contribution in [0.1, 0.15) is 0 Å². The van der Waals surface area contributed by atoms with E-state index in [2.05, 4.69) is 5.32 Å². The van der Waals surface area contributed by atoms with Gasteiger partial charge in [-0.2, -0.15) is 0 Å². The molecule has 9 heavy (non-hydrogen) atoms. The van der Waals surface area contributed by atoms with Crippen molar-refractivity contribution in [3.05, 3.63) is 0 Å². The molecule has 0 radical (unpaired) electrons. The van der Waals surface area contributed by atoms with Gasteiger partial charge in [0.15, 0.2) is 0 Å². The summed E-state index contributed by atoms with van der Waals surface area (Å²) in [6.07, 6.45) is 0. The number of nitrogens with two attached hydrogens (primary N) is 2. The molecule has 3 nitrogen and oxygen atoms in total. The zero-order chi connectivity index (χ0) is 5.54. The molecule has 0 amide bonds. The first-order chi connectivity index (χ1) is 3.41. The molecule has 0 spiro atoms. The first-order valence-electron chi connectivity index (χ1n) is 2.52. The van der Waals surface area contributed by atoms with Crippen molar-refractivity contribution in [2.24, 2.45) is 11.5 Å². The van der Waals surface area contributed by atoms with Gasteiger partial charge >= 0.3 is 27.3 Å². The minimum atomic E-state index is 0. The predicted molar refractivity (Wildman–Crippen MR) is 38.3 cm³/mol. The molecule has 0 saturated heterocycles. The summed E-state index contributed by atoms with van der Waals surface area (Å²) in [6, 6.07) is 0. The van der Waals surface area contributed by atoms with E-state index in [-0.39, 0.29) is 40.8 Å². The molecular weight excluding hydrogens is 235 g/mol. The van der Waals surface area contributed by atoms with E-state index in [1.54, 1.807) is 0 Å². The van der Waals surface area contributed by atoms with Crippen LogP contribution in [-0.4, -0.2) is 26.2 Å². The van der Waals surface area contributed by atoms with Crippen LogP contribution < -0.4 is 16.8 Å². The fraction of sp³-hybridized carbons (Fsp3) is 1.00. The van der Waals surface area contributed by atoms with Crippen molar-refractivity contribution in [2.75, 3.05) is 26.2 Å². The van der Waals surface area contributed by atoms with Crippen molar-refractivity contribution in [1.29, 1.82) is 0 Å². The molecule has 5 N–H and O–H groups in total. The minimum Gasteiger partial charge on any atom is -2.00 e. The number of hydrogen-bond acceptors (Lipinski definition) is 3. The monoisotopic (exact) mass is 249 g/mol. The van der Waals surface area contributed by atoms with Gasteiger partial charge in [0.1, 0.15) is 0 Å². The van der Waals surface area contributed by atoms with Gasteiger partial charge in [0.05, 0.1) is 0 Å². The SMILES string of the molecule is NCCNCCN.[Cd+2].[S-2]. The molecule has 0 aliphatic rings. The second-order valence-electron chi connectivity index (χ2n) is 1.33. The third-order valence-electron chi connectivity index (χ3n) is 0.642. The third-order valence-corrected chi connectivity index (χ3v) is 0.642. The van der Waals surface area contributed by atoms with Crippen molar-refractivity contribution in [3.63, 3.8) is 0 Å². The van der Waals surface area contributed by atoms with Crippen LogP contribution in [0, 0.1) is 0 Å². The first kappa shape index (κ1) is 16.6. The van der Waals surface area contributed by atoms with Gasteiger partial charge in [0.2, 0.25) is 0 Å². The molecule has 0 bridgehead atoms. The average molecular weight is 248 g/mol. The smallest absolute Gasteiger partial charge is 2.00 e. The van der Waals surface area contributed by atoms with E-state index in [1.165, 1.54) is 0 Å². The number of nitrogens with one attached hydrogen (secondary N) is 1. The molecule has 0 aromatic rings. The Labute approximate surface area is 83.5 Å². The summed E-state index contributed by atoms with van der Waals surface area (Å²) < 4.78 is 0. The van der Waals surface area contributed by atoms with Gasteiger partial charge in [-0.05, 0) is 0 Å². The first-order valence-corrected chi connectivity index (χ1v) is 2.52. The Morgan fingerprint density at radius 3 is 1.56 bits per heavy atom. The summed E-state index contributed by atoms with van der Waals surface area (Å²) in [5.41, 5.74) is 10.3. The van der Waals surface area contributed by atoms with E-state index in [0.29, 0.717) is 13.1 Å².